The lowest BCUT2D eigenvalue weighted by molar-refractivity contribution is 0.0560. The molecule has 3 unspecified atom stereocenters. The van der Waals surface area contributed by atoms with Crippen LogP contribution in [0.1, 0.15) is 39.0 Å². The summed E-state index contributed by atoms with van der Waals surface area (Å²) in [6.45, 7) is 9.09. The van der Waals surface area contributed by atoms with E-state index < -0.39 is 5.60 Å². The van der Waals surface area contributed by atoms with Crippen molar-refractivity contribution in [2.75, 3.05) is 6.54 Å². The van der Waals surface area contributed by atoms with E-state index in [9.17, 15) is 5.11 Å². The van der Waals surface area contributed by atoms with E-state index >= 15 is 0 Å². The normalized spacial score (nSPS) is 19.1. The summed E-state index contributed by atoms with van der Waals surface area (Å²) in [5.74, 6) is 0.638. The van der Waals surface area contributed by atoms with Crippen molar-refractivity contribution in [3.8, 4) is 0 Å². The topological polar surface area (TPSA) is 32.3 Å². The summed E-state index contributed by atoms with van der Waals surface area (Å²) in [6, 6.07) is 4.41. The van der Waals surface area contributed by atoms with E-state index in [-0.39, 0.29) is 0 Å². The van der Waals surface area contributed by atoms with Gasteiger partial charge in [-0.1, -0.05) is 26.3 Å². The van der Waals surface area contributed by atoms with Gasteiger partial charge in [0, 0.05) is 17.5 Å². The number of thiophene rings is 1. The summed E-state index contributed by atoms with van der Waals surface area (Å²) in [7, 11) is 0. The lowest BCUT2D eigenvalue weighted by atomic mass is 9.99. The molecule has 1 rings (SSSR count). The molecule has 3 atom stereocenters. The van der Waals surface area contributed by atoms with Crippen molar-refractivity contribution in [3.63, 3.8) is 0 Å². The first-order valence-corrected chi connectivity index (χ1v) is 6.85. The van der Waals surface area contributed by atoms with Gasteiger partial charge in [0.1, 0.15) is 5.60 Å². The third-order valence-corrected chi connectivity index (χ3v) is 4.44. The largest absolute Gasteiger partial charge is 0.383 e. The van der Waals surface area contributed by atoms with Crippen LogP contribution in [0.3, 0.4) is 0 Å². The molecule has 1 aromatic heterocycles. The molecule has 92 valence electrons. The first kappa shape index (κ1) is 13.7. The summed E-state index contributed by atoms with van der Waals surface area (Å²) in [4.78, 5) is 1.02. The first-order valence-electron chi connectivity index (χ1n) is 5.97. The highest BCUT2D eigenvalue weighted by Crippen LogP contribution is 2.24. The Morgan fingerprint density at radius 1 is 1.50 bits per heavy atom. The van der Waals surface area contributed by atoms with E-state index in [1.165, 1.54) is 0 Å². The molecular formula is C13H23NOS. The third kappa shape index (κ3) is 3.58. The number of nitrogens with one attached hydrogen (secondary N) is 1. The molecule has 3 heteroatoms. The Balaban J connectivity index is 2.48. The minimum atomic E-state index is -0.754. The SMILES string of the molecule is CCC(C)C(C)NCC(C)(O)c1cccs1. The molecule has 1 heterocycles. The smallest absolute Gasteiger partial charge is 0.108 e. The van der Waals surface area contributed by atoms with E-state index in [0.717, 1.165) is 11.3 Å². The molecule has 0 saturated heterocycles. The van der Waals surface area contributed by atoms with E-state index in [4.69, 9.17) is 0 Å². The van der Waals surface area contributed by atoms with Crippen LogP contribution >= 0.6 is 11.3 Å². The molecule has 16 heavy (non-hydrogen) atoms. The number of hydrogen-bond donors (Lipinski definition) is 2. The molecule has 0 saturated carbocycles. The zero-order chi connectivity index (χ0) is 12.2. The van der Waals surface area contributed by atoms with Crippen molar-refractivity contribution in [2.45, 2.75) is 45.8 Å². The number of rotatable bonds is 6. The maximum atomic E-state index is 10.3. The second-order valence-corrected chi connectivity index (χ2v) is 5.75. The van der Waals surface area contributed by atoms with Crippen LogP contribution in [-0.4, -0.2) is 17.7 Å². The minimum Gasteiger partial charge on any atom is -0.383 e. The highest BCUT2D eigenvalue weighted by atomic mass is 32.1. The molecule has 0 amide bonds. The van der Waals surface area contributed by atoms with Gasteiger partial charge in [0.2, 0.25) is 0 Å². The summed E-state index contributed by atoms with van der Waals surface area (Å²) < 4.78 is 0. The Hall–Kier alpha value is -0.380. The Bertz CT molecular complexity index is 295. The molecule has 1 aromatic rings. The molecule has 0 fully saturated rings. The van der Waals surface area contributed by atoms with Crippen LogP contribution in [0.2, 0.25) is 0 Å². The summed E-state index contributed by atoms with van der Waals surface area (Å²) in [5.41, 5.74) is -0.754. The van der Waals surface area contributed by atoms with Gasteiger partial charge in [0.25, 0.3) is 0 Å². The van der Waals surface area contributed by atoms with Gasteiger partial charge in [-0.15, -0.1) is 11.3 Å². The predicted octanol–water partition coefficient (Wildman–Crippen LogP) is 2.98. The standard InChI is InChI=1S/C13H23NOS/c1-5-10(2)11(3)14-9-13(4,15)12-7-6-8-16-12/h6-8,10-11,14-15H,5,9H2,1-4H3. The van der Waals surface area contributed by atoms with Crippen LogP contribution in [0.15, 0.2) is 17.5 Å². The molecule has 0 aliphatic rings. The summed E-state index contributed by atoms with van der Waals surface area (Å²) in [6.07, 6.45) is 1.16. The molecule has 0 spiro atoms. The molecule has 2 nitrogen and oxygen atoms in total. The van der Waals surface area contributed by atoms with Gasteiger partial charge >= 0.3 is 0 Å². The average Bonchev–Trinajstić information content (AvgIpc) is 2.78. The van der Waals surface area contributed by atoms with Crippen molar-refractivity contribution in [2.24, 2.45) is 5.92 Å². The quantitative estimate of drug-likeness (QED) is 0.802. The van der Waals surface area contributed by atoms with Crippen molar-refractivity contribution >= 4 is 11.3 Å². The van der Waals surface area contributed by atoms with Gasteiger partial charge < -0.3 is 10.4 Å². The van der Waals surface area contributed by atoms with Crippen LogP contribution in [0.4, 0.5) is 0 Å². The monoisotopic (exact) mass is 241 g/mol. The van der Waals surface area contributed by atoms with E-state index in [1.807, 2.05) is 24.4 Å². The minimum absolute atomic E-state index is 0.441. The second-order valence-electron chi connectivity index (χ2n) is 4.81. The predicted molar refractivity (Wildman–Crippen MR) is 70.8 cm³/mol. The van der Waals surface area contributed by atoms with Gasteiger partial charge in [-0.3, -0.25) is 0 Å². The molecule has 0 aliphatic carbocycles. The van der Waals surface area contributed by atoms with Gasteiger partial charge in [-0.2, -0.15) is 0 Å². The van der Waals surface area contributed by atoms with Gasteiger partial charge in [-0.25, -0.2) is 0 Å². The lowest BCUT2D eigenvalue weighted by Gasteiger charge is -2.27. The first-order chi connectivity index (χ1) is 7.47. The molecule has 2 N–H and O–H groups in total. The van der Waals surface area contributed by atoms with Gasteiger partial charge in [-0.05, 0) is 31.2 Å². The summed E-state index contributed by atoms with van der Waals surface area (Å²) >= 11 is 1.61. The third-order valence-electron chi connectivity index (χ3n) is 3.32. The number of aliphatic hydroxyl groups is 1. The maximum Gasteiger partial charge on any atom is 0.108 e. The zero-order valence-corrected chi connectivity index (χ0v) is 11.5. The maximum absolute atomic E-state index is 10.3. The Labute approximate surface area is 103 Å². The van der Waals surface area contributed by atoms with Crippen molar-refractivity contribution in [3.05, 3.63) is 22.4 Å². The van der Waals surface area contributed by atoms with Crippen LogP contribution in [0.25, 0.3) is 0 Å². The van der Waals surface area contributed by atoms with E-state index in [2.05, 4.69) is 26.1 Å². The molecular weight excluding hydrogens is 218 g/mol. The second kappa shape index (κ2) is 5.80. The molecule has 0 bridgehead atoms. The van der Waals surface area contributed by atoms with Crippen LogP contribution in [0.5, 0.6) is 0 Å². The van der Waals surface area contributed by atoms with Crippen molar-refractivity contribution < 1.29 is 5.11 Å². The number of hydrogen-bond acceptors (Lipinski definition) is 3. The van der Waals surface area contributed by atoms with Gasteiger partial charge in [0.05, 0.1) is 0 Å². The summed E-state index contributed by atoms with van der Waals surface area (Å²) in [5, 5.41) is 15.7. The van der Waals surface area contributed by atoms with Crippen LogP contribution < -0.4 is 5.32 Å². The fourth-order valence-corrected chi connectivity index (χ4v) is 2.37. The average molecular weight is 241 g/mol. The molecule has 0 radical (unpaired) electrons. The van der Waals surface area contributed by atoms with Crippen molar-refractivity contribution in [1.29, 1.82) is 0 Å². The Morgan fingerprint density at radius 2 is 2.19 bits per heavy atom. The van der Waals surface area contributed by atoms with Crippen LogP contribution in [0, 0.1) is 5.92 Å². The Morgan fingerprint density at radius 3 is 2.69 bits per heavy atom. The van der Waals surface area contributed by atoms with E-state index in [0.29, 0.717) is 18.5 Å². The fraction of sp³-hybridized carbons (Fsp3) is 0.692. The zero-order valence-electron chi connectivity index (χ0n) is 10.7. The lowest BCUT2D eigenvalue weighted by Crippen LogP contribution is -2.41. The van der Waals surface area contributed by atoms with Crippen molar-refractivity contribution in [1.82, 2.24) is 5.32 Å². The van der Waals surface area contributed by atoms with E-state index in [1.54, 1.807) is 11.3 Å². The van der Waals surface area contributed by atoms with Gasteiger partial charge in [0.15, 0.2) is 0 Å². The van der Waals surface area contributed by atoms with Crippen LogP contribution in [-0.2, 0) is 5.60 Å². The highest BCUT2D eigenvalue weighted by Gasteiger charge is 2.25. The molecule has 0 aromatic carbocycles. The highest BCUT2D eigenvalue weighted by molar-refractivity contribution is 7.10. The Kier molecular flexibility index (Phi) is 4.96. The molecule has 0 aliphatic heterocycles. The fourth-order valence-electron chi connectivity index (χ4n) is 1.59.